The number of hydrogen-bond donors (Lipinski definition) is 1. The second-order valence-corrected chi connectivity index (χ2v) is 4.95. The zero-order chi connectivity index (χ0) is 15.5. The molecule has 3 rings (SSSR count). The van der Waals surface area contributed by atoms with Crippen LogP contribution in [0.2, 0.25) is 0 Å². The Hall–Kier alpha value is -2.90. The van der Waals surface area contributed by atoms with Gasteiger partial charge in [-0.15, -0.1) is 0 Å². The van der Waals surface area contributed by atoms with Crippen LogP contribution < -0.4 is 5.73 Å². The van der Waals surface area contributed by atoms with Crippen LogP contribution in [0.4, 0.5) is 0 Å². The fraction of sp³-hybridized carbons (Fsp3) is 0.111. The zero-order valence-corrected chi connectivity index (χ0v) is 11.9. The minimum absolute atomic E-state index is 0.241. The van der Waals surface area contributed by atoms with Gasteiger partial charge < -0.3 is 5.73 Å². The molecule has 108 valence electrons. The van der Waals surface area contributed by atoms with E-state index >= 15 is 0 Å². The van der Waals surface area contributed by atoms with Gasteiger partial charge >= 0.3 is 0 Å². The summed E-state index contributed by atoms with van der Waals surface area (Å²) >= 11 is 0. The van der Waals surface area contributed by atoms with E-state index in [-0.39, 0.29) is 18.4 Å². The van der Waals surface area contributed by atoms with Gasteiger partial charge in [0.25, 0.3) is 11.8 Å². The van der Waals surface area contributed by atoms with Crippen molar-refractivity contribution in [3.8, 4) is 11.8 Å². The number of hydrogen-bond acceptors (Lipinski definition) is 3. The summed E-state index contributed by atoms with van der Waals surface area (Å²) < 4.78 is 0. The Bertz CT molecular complexity index is 780. The molecule has 1 aliphatic rings. The van der Waals surface area contributed by atoms with Crippen molar-refractivity contribution in [3.05, 3.63) is 70.8 Å². The SMILES string of the molecule is NCC#Cc1cccc(CN2C(=O)c3ccccc3C2=O)c1. The predicted molar refractivity (Wildman–Crippen MR) is 83.0 cm³/mol. The van der Waals surface area contributed by atoms with Gasteiger partial charge in [0.2, 0.25) is 0 Å². The molecule has 2 aromatic carbocycles. The predicted octanol–water partition coefficient (Wildman–Crippen LogP) is 1.79. The molecule has 0 saturated heterocycles. The first-order chi connectivity index (χ1) is 10.7. The van der Waals surface area contributed by atoms with Crippen LogP contribution in [0.5, 0.6) is 0 Å². The summed E-state index contributed by atoms with van der Waals surface area (Å²) in [5.41, 5.74) is 7.97. The molecular weight excluding hydrogens is 276 g/mol. The van der Waals surface area contributed by atoms with E-state index in [0.717, 1.165) is 11.1 Å². The Morgan fingerprint density at radius 2 is 1.64 bits per heavy atom. The summed E-state index contributed by atoms with van der Waals surface area (Å²) in [7, 11) is 0. The summed E-state index contributed by atoms with van der Waals surface area (Å²) in [6.45, 7) is 0.535. The summed E-state index contributed by atoms with van der Waals surface area (Å²) in [6.07, 6.45) is 0. The van der Waals surface area contributed by atoms with Crippen molar-refractivity contribution >= 4 is 11.8 Å². The highest BCUT2D eigenvalue weighted by atomic mass is 16.2. The topological polar surface area (TPSA) is 63.4 Å². The number of rotatable bonds is 2. The maximum Gasteiger partial charge on any atom is 0.261 e. The van der Waals surface area contributed by atoms with Gasteiger partial charge in [-0.1, -0.05) is 36.1 Å². The molecule has 0 spiro atoms. The van der Waals surface area contributed by atoms with Gasteiger partial charge in [-0.2, -0.15) is 0 Å². The molecule has 0 aliphatic carbocycles. The number of benzene rings is 2. The lowest BCUT2D eigenvalue weighted by Gasteiger charge is -2.14. The Kier molecular flexibility index (Phi) is 3.73. The van der Waals surface area contributed by atoms with Crippen LogP contribution in [0.25, 0.3) is 0 Å². The fourth-order valence-corrected chi connectivity index (χ4v) is 2.47. The summed E-state index contributed by atoms with van der Waals surface area (Å²) in [6, 6.07) is 14.3. The first-order valence-corrected chi connectivity index (χ1v) is 6.94. The zero-order valence-electron chi connectivity index (χ0n) is 11.9. The van der Waals surface area contributed by atoms with Crippen molar-refractivity contribution in [1.82, 2.24) is 4.90 Å². The first-order valence-electron chi connectivity index (χ1n) is 6.94. The molecule has 0 bridgehead atoms. The van der Waals surface area contributed by atoms with Gasteiger partial charge in [0.1, 0.15) is 0 Å². The van der Waals surface area contributed by atoms with E-state index in [9.17, 15) is 9.59 Å². The van der Waals surface area contributed by atoms with Gasteiger partial charge in [0, 0.05) is 5.56 Å². The standard InChI is InChI=1S/C18H14N2O2/c19-10-4-7-13-5-3-6-14(11-13)12-20-17(21)15-8-1-2-9-16(15)18(20)22/h1-3,5-6,8-9,11H,10,12,19H2. The minimum atomic E-state index is -0.251. The quantitative estimate of drug-likeness (QED) is 0.677. The molecule has 0 saturated carbocycles. The Morgan fingerprint density at radius 3 is 2.27 bits per heavy atom. The molecular formula is C18H14N2O2. The third kappa shape index (κ3) is 2.50. The second-order valence-electron chi connectivity index (χ2n) is 4.95. The molecule has 1 heterocycles. The summed E-state index contributed by atoms with van der Waals surface area (Å²) in [5.74, 6) is 5.23. The number of imide groups is 1. The lowest BCUT2D eigenvalue weighted by Crippen LogP contribution is -2.29. The molecule has 2 N–H and O–H groups in total. The molecule has 0 atom stereocenters. The normalized spacial score (nSPS) is 12.9. The van der Waals surface area contributed by atoms with Crippen molar-refractivity contribution in [2.75, 3.05) is 6.54 Å². The number of nitrogens with zero attached hydrogens (tertiary/aromatic N) is 1. The average molecular weight is 290 g/mol. The van der Waals surface area contributed by atoms with Gasteiger partial charge in [-0.3, -0.25) is 14.5 Å². The number of nitrogens with two attached hydrogens (primary N) is 1. The lowest BCUT2D eigenvalue weighted by atomic mass is 10.1. The van der Waals surface area contributed by atoms with E-state index in [2.05, 4.69) is 11.8 Å². The maximum atomic E-state index is 12.3. The minimum Gasteiger partial charge on any atom is -0.320 e. The molecule has 0 radical (unpaired) electrons. The smallest absolute Gasteiger partial charge is 0.261 e. The highest BCUT2D eigenvalue weighted by Gasteiger charge is 2.34. The van der Waals surface area contributed by atoms with Crippen molar-refractivity contribution in [1.29, 1.82) is 0 Å². The highest BCUT2D eigenvalue weighted by molar-refractivity contribution is 6.21. The fourth-order valence-electron chi connectivity index (χ4n) is 2.47. The van der Waals surface area contributed by atoms with E-state index in [1.165, 1.54) is 4.90 Å². The molecule has 2 aromatic rings. The van der Waals surface area contributed by atoms with Crippen LogP contribution in [0.1, 0.15) is 31.8 Å². The summed E-state index contributed by atoms with van der Waals surface area (Å²) in [5, 5.41) is 0. The average Bonchev–Trinajstić information content (AvgIpc) is 2.79. The van der Waals surface area contributed by atoms with Crippen molar-refractivity contribution < 1.29 is 9.59 Å². The monoisotopic (exact) mass is 290 g/mol. The molecule has 4 nitrogen and oxygen atoms in total. The molecule has 0 aromatic heterocycles. The van der Waals surface area contributed by atoms with E-state index in [4.69, 9.17) is 5.73 Å². The second kappa shape index (κ2) is 5.84. The molecule has 22 heavy (non-hydrogen) atoms. The van der Waals surface area contributed by atoms with Crippen molar-refractivity contribution in [2.45, 2.75) is 6.54 Å². The number of amides is 2. The van der Waals surface area contributed by atoms with Crippen LogP contribution in [0.3, 0.4) is 0 Å². The van der Waals surface area contributed by atoms with E-state index in [1.54, 1.807) is 24.3 Å². The summed E-state index contributed by atoms with van der Waals surface area (Å²) in [4.78, 5) is 25.9. The van der Waals surface area contributed by atoms with Crippen LogP contribution in [0.15, 0.2) is 48.5 Å². The van der Waals surface area contributed by atoms with E-state index < -0.39 is 0 Å². The Labute approximate surface area is 128 Å². The molecule has 4 heteroatoms. The van der Waals surface area contributed by atoms with Gasteiger partial charge in [-0.05, 0) is 29.8 Å². The number of carbonyl (C=O) groups is 2. The third-order valence-electron chi connectivity index (χ3n) is 3.48. The molecule has 2 amide bonds. The van der Waals surface area contributed by atoms with Crippen LogP contribution in [-0.4, -0.2) is 23.3 Å². The van der Waals surface area contributed by atoms with Gasteiger partial charge in [0.05, 0.1) is 24.2 Å². The Balaban J connectivity index is 1.86. The highest BCUT2D eigenvalue weighted by Crippen LogP contribution is 2.24. The Morgan fingerprint density at radius 1 is 0.955 bits per heavy atom. The van der Waals surface area contributed by atoms with Crippen molar-refractivity contribution in [3.63, 3.8) is 0 Å². The number of fused-ring (bicyclic) bond motifs is 1. The molecule has 1 aliphatic heterocycles. The third-order valence-corrected chi connectivity index (χ3v) is 3.48. The van der Waals surface area contributed by atoms with Crippen molar-refractivity contribution in [2.24, 2.45) is 5.73 Å². The molecule has 0 fully saturated rings. The van der Waals surface area contributed by atoms with Crippen LogP contribution in [0, 0.1) is 11.8 Å². The van der Waals surface area contributed by atoms with Crippen LogP contribution >= 0.6 is 0 Å². The first kappa shape index (κ1) is 14.1. The largest absolute Gasteiger partial charge is 0.320 e. The van der Waals surface area contributed by atoms with E-state index in [1.807, 2.05) is 24.3 Å². The lowest BCUT2D eigenvalue weighted by molar-refractivity contribution is 0.0642. The van der Waals surface area contributed by atoms with Crippen LogP contribution in [-0.2, 0) is 6.54 Å². The van der Waals surface area contributed by atoms with E-state index in [0.29, 0.717) is 17.7 Å². The number of carbonyl (C=O) groups excluding carboxylic acids is 2. The van der Waals surface area contributed by atoms with Gasteiger partial charge in [0.15, 0.2) is 0 Å². The maximum absolute atomic E-state index is 12.3. The molecule has 0 unspecified atom stereocenters. The van der Waals surface area contributed by atoms with Gasteiger partial charge in [-0.25, -0.2) is 0 Å².